The van der Waals surface area contributed by atoms with Crippen molar-refractivity contribution in [3.8, 4) is 0 Å². The average Bonchev–Trinajstić information content (AvgIpc) is 3.08. The summed E-state index contributed by atoms with van der Waals surface area (Å²) in [7, 11) is 4.18. The van der Waals surface area contributed by atoms with Crippen LogP contribution in [0.2, 0.25) is 0 Å². The van der Waals surface area contributed by atoms with Crippen LogP contribution in [0.25, 0.3) is 0 Å². The van der Waals surface area contributed by atoms with Gasteiger partial charge in [-0.2, -0.15) is 0 Å². The van der Waals surface area contributed by atoms with Crippen LogP contribution >= 0.6 is 0 Å². The smallest absolute Gasteiger partial charge is 0.0626 e. The summed E-state index contributed by atoms with van der Waals surface area (Å²) < 4.78 is 0. The Morgan fingerprint density at radius 2 is 2.00 bits per heavy atom. The molecule has 1 aliphatic carbocycles. The van der Waals surface area contributed by atoms with E-state index in [0.717, 1.165) is 19.6 Å². The molecular formula is C13H29N3O. The molecule has 0 spiro atoms. The van der Waals surface area contributed by atoms with E-state index < -0.39 is 5.54 Å². The maximum absolute atomic E-state index is 9.54. The molecule has 17 heavy (non-hydrogen) atoms. The summed E-state index contributed by atoms with van der Waals surface area (Å²) in [5.74, 6) is 0.521. The van der Waals surface area contributed by atoms with E-state index >= 15 is 0 Å². The highest BCUT2D eigenvalue weighted by Crippen LogP contribution is 2.38. The summed E-state index contributed by atoms with van der Waals surface area (Å²) in [6, 6.07) is 0.475. The zero-order chi connectivity index (χ0) is 13.1. The van der Waals surface area contributed by atoms with Crippen LogP contribution in [0.3, 0.4) is 0 Å². The first-order valence-electron chi connectivity index (χ1n) is 6.71. The van der Waals surface area contributed by atoms with Crippen molar-refractivity contribution >= 4 is 0 Å². The molecule has 0 heterocycles. The van der Waals surface area contributed by atoms with Crippen LogP contribution in [-0.4, -0.2) is 66.8 Å². The number of nitrogens with two attached hydrogens (primary N) is 1. The van der Waals surface area contributed by atoms with Gasteiger partial charge in [-0.3, -0.25) is 4.90 Å². The number of hydrogen-bond acceptors (Lipinski definition) is 4. The Hall–Kier alpha value is -0.160. The van der Waals surface area contributed by atoms with Gasteiger partial charge in [-0.15, -0.1) is 0 Å². The van der Waals surface area contributed by atoms with Crippen molar-refractivity contribution < 1.29 is 5.11 Å². The van der Waals surface area contributed by atoms with Crippen molar-refractivity contribution in [3.63, 3.8) is 0 Å². The molecule has 2 unspecified atom stereocenters. The van der Waals surface area contributed by atoms with Crippen molar-refractivity contribution in [2.24, 2.45) is 11.7 Å². The molecule has 2 atom stereocenters. The lowest BCUT2D eigenvalue weighted by Gasteiger charge is -2.38. The first-order valence-corrected chi connectivity index (χ1v) is 6.71. The molecule has 1 aliphatic rings. The molecule has 1 fully saturated rings. The van der Waals surface area contributed by atoms with E-state index in [1.54, 1.807) is 0 Å². The first kappa shape index (κ1) is 14.9. The molecule has 0 bridgehead atoms. The monoisotopic (exact) mass is 243 g/mol. The highest BCUT2D eigenvalue weighted by molar-refractivity contribution is 5.00. The summed E-state index contributed by atoms with van der Waals surface area (Å²) in [5, 5.41) is 9.54. The Morgan fingerprint density at radius 1 is 1.41 bits per heavy atom. The van der Waals surface area contributed by atoms with E-state index in [9.17, 15) is 5.11 Å². The Bertz CT molecular complexity index is 231. The fourth-order valence-corrected chi connectivity index (χ4v) is 2.57. The highest BCUT2D eigenvalue weighted by Gasteiger charge is 2.43. The number of hydrogen-bond donors (Lipinski definition) is 2. The molecule has 0 aromatic rings. The molecule has 0 aliphatic heterocycles. The minimum atomic E-state index is -0.392. The summed E-state index contributed by atoms with van der Waals surface area (Å²) in [6.45, 7) is 7.31. The molecule has 0 radical (unpaired) electrons. The van der Waals surface area contributed by atoms with E-state index in [2.05, 4.69) is 37.7 Å². The van der Waals surface area contributed by atoms with Crippen LogP contribution < -0.4 is 5.73 Å². The Kier molecular flexibility index (Phi) is 5.38. The molecule has 1 saturated carbocycles. The van der Waals surface area contributed by atoms with Crippen molar-refractivity contribution in [1.29, 1.82) is 0 Å². The third-order valence-electron chi connectivity index (χ3n) is 3.84. The van der Waals surface area contributed by atoms with Crippen LogP contribution in [0.5, 0.6) is 0 Å². The maximum Gasteiger partial charge on any atom is 0.0626 e. The molecule has 102 valence electrons. The number of likely N-dealkylation sites (N-methyl/N-ethyl adjacent to an activating group) is 2. The van der Waals surface area contributed by atoms with Gasteiger partial charge in [0.15, 0.2) is 0 Å². The van der Waals surface area contributed by atoms with Crippen LogP contribution in [0.4, 0.5) is 0 Å². The number of aliphatic hydroxyl groups excluding tert-OH is 1. The van der Waals surface area contributed by atoms with E-state index in [0.29, 0.717) is 12.0 Å². The minimum absolute atomic E-state index is 0.100. The number of aliphatic hydroxyl groups is 1. The zero-order valence-electron chi connectivity index (χ0n) is 11.8. The lowest BCUT2D eigenvalue weighted by atomic mass is 9.94. The molecule has 3 N–H and O–H groups in total. The standard InChI is InChI=1S/C13H29N3O/c1-5-16(11(2)8-15(3)4)9-13(14,10-17)12-6-7-12/h11-12,17H,5-10,14H2,1-4H3. The molecule has 4 heteroatoms. The summed E-state index contributed by atoms with van der Waals surface area (Å²) in [5.41, 5.74) is 5.95. The minimum Gasteiger partial charge on any atom is -0.394 e. The predicted molar refractivity (Wildman–Crippen MR) is 72.0 cm³/mol. The topological polar surface area (TPSA) is 52.7 Å². The molecule has 0 aromatic carbocycles. The summed E-state index contributed by atoms with van der Waals surface area (Å²) in [4.78, 5) is 4.58. The zero-order valence-corrected chi connectivity index (χ0v) is 11.8. The summed E-state index contributed by atoms with van der Waals surface area (Å²) in [6.07, 6.45) is 2.35. The molecule has 0 saturated heterocycles. The third-order valence-corrected chi connectivity index (χ3v) is 3.84. The van der Waals surface area contributed by atoms with Crippen molar-refractivity contribution in [1.82, 2.24) is 9.80 Å². The van der Waals surface area contributed by atoms with Crippen molar-refractivity contribution in [3.05, 3.63) is 0 Å². The first-order chi connectivity index (χ1) is 7.92. The van der Waals surface area contributed by atoms with Gasteiger partial charge < -0.3 is 15.7 Å². The van der Waals surface area contributed by atoms with Crippen LogP contribution in [0.15, 0.2) is 0 Å². The van der Waals surface area contributed by atoms with E-state index in [1.807, 2.05) is 0 Å². The normalized spacial score (nSPS) is 21.9. The van der Waals surface area contributed by atoms with Crippen LogP contribution in [0.1, 0.15) is 26.7 Å². The lowest BCUT2D eigenvalue weighted by molar-refractivity contribution is 0.0935. The van der Waals surface area contributed by atoms with Gasteiger partial charge in [0.2, 0.25) is 0 Å². The van der Waals surface area contributed by atoms with Gasteiger partial charge in [0.05, 0.1) is 12.1 Å². The molecule has 1 rings (SSSR count). The molecule has 4 nitrogen and oxygen atoms in total. The molecule has 0 aromatic heterocycles. The Labute approximate surface area is 106 Å². The van der Waals surface area contributed by atoms with E-state index in [4.69, 9.17) is 5.73 Å². The van der Waals surface area contributed by atoms with Crippen molar-refractivity contribution in [2.45, 2.75) is 38.3 Å². The van der Waals surface area contributed by atoms with Gasteiger partial charge in [-0.05, 0) is 46.3 Å². The Morgan fingerprint density at radius 3 is 2.35 bits per heavy atom. The van der Waals surface area contributed by atoms with Gasteiger partial charge >= 0.3 is 0 Å². The maximum atomic E-state index is 9.54. The second-order valence-electron chi connectivity index (χ2n) is 5.84. The van der Waals surface area contributed by atoms with Crippen LogP contribution in [-0.2, 0) is 0 Å². The van der Waals surface area contributed by atoms with Gasteiger partial charge in [0.1, 0.15) is 0 Å². The highest BCUT2D eigenvalue weighted by atomic mass is 16.3. The second-order valence-corrected chi connectivity index (χ2v) is 5.84. The van der Waals surface area contributed by atoms with Gasteiger partial charge in [0, 0.05) is 19.1 Å². The molecule has 0 amide bonds. The predicted octanol–water partition coefficient (Wildman–Crippen LogP) is 0.358. The Balaban J connectivity index is 2.55. The van der Waals surface area contributed by atoms with Crippen LogP contribution in [0, 0.1) is 5.92 Å². The largest absolute Gasteiger partial charge is 0.394 e. The van der Waals surface area contributed by atoms with Gasteiger partial charge in [-0.1, -0.05) is 6.92 Å². The molecular weight excluding hydrogens is 214 g/mol. The third kappa shape index (κ3) is 4.21. The summed E-state index contributed by atoms with van der Waals surface area (Å²) >= 11 is 0. The SMILES string of the molecule is CCN(CC(N)(CO)C1CC1)C(C)CN(C)C. The number of nitrogens with zero attached hydrogens (tertiary/aromatic N) is 2. The van der Waals surface area contributed by atoms with E-state index in [-0.39, 0.29) is 6.61 Å². The average molecular weight is 243 g/mol. The number of rotatable bonds is 8. The van der Waals surface area contributed by atoms with Gasteiger partial charge in [0.25, 0.3) is 0 Å². The fraction of sp³-hybridized carbons (Fsp3) is 1.00. The van der Waals surface area contributed by atoms with Gasteiger partial charge in [-0.25, -0.2) is 0 Å². The second kappa shape index (κ2) is 6.14. The fourth-order valence-electron chi connectivity index (χ4n) is 2.57. The van der Waals surface area contributed by atoms with E-state index in [1.165, 1.54) is 12.8 Å². The lowest BCUT2D eigenvalue weighted by Crippen LogP contribution is -2.57. The quantitative estimate of drug-likeness (QED) is 0.646. The van der Waals surface area contributed by atoms with Crippen molar-refractivity contribution in [2.75, 3.05) is 40.3 Å².